The van der Waals surface area contributed by atoms with E-state index in [1.807, 2.05) is 16.8 Å². The highest BCUT2D eigenvalue weighted by atomic mass is 16.3. The molecule has 3 rings (SSSR count). The van der Waals surface area contributed by atoms with Gasteiger partial charge in [0.15, 0.2) is 5.82 Å². The lowest BCUT2D eigenvalue weighted by Gasteiger charge is -2.36. The zero-order valence-electron chi connectivity index (χ0n) is 14.8. The second kappa shape index (κ2) is 7.77. The average Bonchev–Trinajstić information content (AvgIpc) is 3.25. The summed E-state index contributed by atoms with van der Waals surface area (Å²) in [6.45, 7) is 6.58. The Labute approximate surface area is 147 Å². The molecule has 0 aromatic carbocycles. The fraction of sp³-hybridized carbons (Fsp3) is 0.647. The van der Waals surface area contributed by atoms with Gasteiger partial charge < -0.3 is 10.2 Å². The first kappa shape index (κ1) is 17.6. The van der Waals surface area contributed by atoms with Crippen LogP contribution >= 0.6 is 0 Å². The fourth-order valence-corrected chi connectivity index (χ4v) is 3.47. The van der Waals surface area contributed by atoms with Crippen LogP contribution in [0.2, 0.25) is 0 Å². The molecule has 0 spiro atoms. The van der Waals surface area contributed by atoms with Crippen LogP contribution in [-0.4, -0.2) is 44.1 Å². The quantitative estimate of drug-likeness (QED) is 0.817. The molecular weight excluding hydrogens is 320 g/mol. The lowest BCUT2D eigenvalue weighted by atomic mass is 9.93. The SMILES string of the molecule is CC(C)CC(c1nnnn1Cc1ccco1)N1CCC(C(N)=O)CC1. The summed E-state index contributed by atoms with van der Waals surface area (Å²) in [5.41, 5.74) is 5.46. The molecule has 1 fully saturated rings. The summed E-state index contributed by atoms with van der Waals surface area (Å²) in [5, 5.41) is 12.3. The number of likely N-dealkylation sites (tertiary alicyclic amines) is 1. The summed E-state index contributed by atoms with van der Waals surface area (Å²) in [6.07, 6.45) is 4.20. The maximum Gasteiger partial charge on any atom is 0.220 e. The Morgan fingerprint density at radius 2 is 2.16 bits per heavy atom. The number of nitrogens with two attached hydrogens (primary N) is 1. The molecule has 1 aliphatic heterocycles. The van der Waals surface area contributed by atoms with Crippen molar-refractivity contribution in [3.05, 3.63) is 30.0 Å². The number of aromatic nitrogens is 4. The molecule has 2 aromatic heterocycles. The highest BCUT2D eigenvalue weighted by molar-refractivity contribution is 5.76. The molecule has 1 amide bonds. The van der Waals surface area contributed by atoms with Crippen molar-refractivity contribution < 1.29 is 9.21 Å². The third-order valence-electron chi connectivity index (χ3n) is 4.81. The molecule has 0 saturated carbocycles. The van der Waals surface area contributed by atoms with Gasteiger partial charge in [-0.25, -0.2) is 4.68 Å². The van der Waals surface area contributed by atoms with Crippen molar-refractivity contribution >= 4 is 5.91 Å². The number of primary amides is 1. The van der Waals surface area contributed by atoms with Gasteiger partial charge in [-0.1, -0.05) is 13.8 Å². The first-order valence-corrected chi connectivity index (χ1v) is 8.86. The van der Waals surface area contributed by atoms with Crippen molar-refractivity contribution in [2.75, 3.05) is 13.1 Å². The van der Waals surface area contributed by atoms with Crippen molar-refractivity contribution in [3.8, 4) is 0 Å². The summed E-state index contributed by atoms with van der Waals surface area (Å²) in [7, 11) is 0. The van der Waals surface area contributed by atoms with Gasteiger partial charge in [0, 0.05) is 5.92 Å². The standard InChI is InChI=1S/C17H26N6O2/c1-12(2)10-15(22-7-5-13(6-8-22)16(18)24)17-19-20-21-23(17)11-14-4-3-9-25-14/h3-4,9,12-13,15H,5-8,10-11H2,1-2H3,(H2,18,24). The Bertz CT molecular complexity index is 673. The first-order valence-electron chi connectivity index (χ1n) is 8.86. The number of tetrazole rings is 1. The minimum absolute atomic E-state index is 0.0185. The highest BCUT2D eigenvalue weighted by Gasteiger charge is 2.31. The molecule has 1 unspecified atom stereocenters. The van der Waals surface area contributed by atoms with E-state index in [9.17, 15) is 4.79 Å². The monoisotopic (exact) mass is 346 g/mol. The number of amides is 1. The zero-order chi connectivity index (χ0) is 17.8. The molecule has 1 aliphatic rings. The van der Waals surface area contributed by atoms with Gasteiger partial charge in [-0.05, 0) is 60.8 Å². The van der Waals surface area contributed by atoms with Gasteiger partial charge in [-0.15, -0.1) is 5.10 Å². The smallest absolute Gasteiger partial charge is 0.220 e. The Kier molecular flexibility index (Phi) is 5.47. The molecule has 8 heteroatoms. The van der Waals surface area contributed by atoms with Gasteiger partial charge in [0.05, 0.1) is 12.3 Å². The van der Waals surface area contributed by atoms with Gasteiger partial charge in [0.25, 0.3) is 0 Å². The summed E-state index contributed by atoms with van der Waals surface area (Å²) in [4.78, 5) is 13.8. The predicted molar refractivity (Wildman–Crippen MR) is 91.3 cm³/mol. The van der Waals surface area contributed by atoms with Crippen LogP contribution in [0.3, 0.4) is 0 Å². The van der Waals surface area contributed by atoms with Crippen molar-refractivity contribution in [1.29, 1.82) is 0 Å². The Hall–Kier alpha value is -2.22. The maximum absolute atomic E-state index is 11.4. The Morgan fingerprint density at radius 1 is 1.40 bits per heavy atom. The molecule has 8 nitrogen and oxygen atoms in total. The molecule has 3 heterocycles. The highest BCUT2D eigenvalue weighted by Crippen LogP contribution is 2.30. The fourth-order valence-electron chi connectivity index (χ4n) is 3.47. The van der Waals surface area contributed by atoms with Crippen LogP contribution in [0, 0.1) is 11.8 Å². The van der Waals surface area contributed by atoms with E-state index < -0.39 is 0 Å². The van der Waals surface area contributed by atoms with E-state index in [1.165, 1.54) is 0 Å². The Morgan fingerprint density at radius 3 is 2.76 bits per heavy atom. The molecule has 2 N–H and O–H groups in total. The molecule has 1 atom stereocenters. The summed E-state index contributed by atoms with van der Waals surface area (Å²) >= 11 is 0. The van der Waals surface area contributed by atoms with Crippen molar-refractivity contribution in [2.24, 2.45) is 17.6 Å². The lowest BCUT2D eigenvalue weighted by Crippen LogP contribution is -2.41. The number of furan rings is 1. The second-order valence-corrected chi connectivity index (χ2v) is 7.13. The van der Waals surface area contributed by atoms with Crippen LogP contribution in [0.5, 0.6) is 0 Å². The largest absolute Gasteiger partial charge is 0.467 e. The third-order valence-corrected chi connectivity index (χ3v) is 4.81. The predicted octanol–water partition coefficient (Wildman–Crippen LogP) is 1.60. The third kappa shape index (κ3) is 4.25. The minimum Gasteiger partial charge on any atom is -0.467 e. The topological polar surface area (TPSA) is 103 Å². The molecule has 0 aliphatic carbocycles. The van der Waals surface area contributed by atoms with E-state index in [2.05, 4.69) is 34.3 Å². The number of hydrogen-bond acceptors (Lipinski definition) is 6. The number of carbonyl (C=O) groups excluding carboxylic acids is 1. The number of rotatable bonds is 7. The van der Waals surface area contributed by atoms with Crippen LogP contribution < -0.4 is 5.73 Å². The van der Waals surface area contributed by atoms with Crippen molar-refractivity contribution in [2.45, 2.75) is 45.7 Å². The van der Waals surface area contributed by atoms with Crippen LogP contribution in [0.15, 0.2) is 22.8 Å². The van der Waals surface area contributed by atoms with E-state index in [0.29, 0.717) is 12.5 Å². The molecule has 25 heavy (non-hydrogen) atoms. The summed E-state index contributed by atoms with van der Waals surface area (Å²) in [6, 6.07) is 3.90. The van der Waals surface area contributed by atoms with Gasteiger partial charge in [0.2, 0.25) is 5.91 Å². The molecule has 0 bridgehead atoms. The van der Waals surface area contributed by atoms with Crippen LogP contribution in [0.1, 0.15) is 50.7 Å². The number of piperidine rings is 1. The molecule has 0 radical (unpaired) electrons. The normalized spacial score (nSPS) is 17.9. The van der Waals surface area contributed by atoms with Crippen molar-refractivity contribution in [3.63, 3.8) is 0 Å². The maximum atomic E-state index is 11.4. The van der Waals surface area contributed by atoms with Gasteiger partial charge in [0.1, 0.15) is 12.3 Å². The minimum atomic E-state index is -0.192. The molecule has 136 valence electrons. The summed E-state index contributed by atoms with van der Waals surface area (Å²) in [5.74, 6) is 1.97. The van der Waals surface area contributed by atoms with Gasteiger partial charge in [-0.3, -0.25) is 9.69 Å². The molecular formula is C17H26N6O2. The number of hydrogen-bond donors (Lipinski definition) is 1. The van der Waals surface area contributed by atoms with Crippen LogP contribution in [0.4, 0.5) is 0 Å². The molecule has 2 aromatic rings. The van der Waals surface area contributed by atoms with Crippen molar-refractivity contribution in [1.82, 2.24) is 25.1 Å². The van der Waals surface area contributed by atoms with Gasteiger partial charge >= 0.3 is 0 Å². The zero-order valence-corrected chi connectivity index (χ0v) is 14.8. The number of carbonyl (C=O) groups is 1. The van der Waals surface area contributed by atoms with Crippen LogP contribution in [-0.2, 0) is 11.3 Å². The number of nitrogens with zero attached hydrogens (tertiary/aromatic N) is 5. The Balaban J connectivity index is 1.77. The lowest BCUT2D eigenvalue weighted by molar-refractivity contribution is -0.123. The van der Waals surface area contributed by atoms with Gasteiger partial charge in [-0.2, -0.15) is 0 Å². The van der Waals surface area contributed by atoms with E-state index in [0.717, 1.165) is 43.9 Å². The van der Waals surface area contributed by atoms with E-state index in [1.54, 1.807) is 6.26 Å². The first-order chi connectivity index (χ1) is 12.0. The average molecular weight is 346 g/mol. The van der Waals surface area contributed by atoms with E-state index in [-0.39, 0.29) is 17.9 Å². The van der Waals surface area contributed by atoms with E-state index >= 15 is 0 Å². The van der Waals surface area contributed by atoms with E-state index in [4.69, 9.17) is 10.2 Å². The van der Waals surface area contributed by atoms with Crippen LogP contribution in [0.25, 0.3) is 0 Å². The second-order valence-electron chi connectivity index (χ2n) is 7.13. The molecule has 1 saturated heterocycles. The summed E-state index contributed by atoms with van der Waals surface area (Å²) < 4.78 is 7.24.